The molecule has 0 aliphatic heterocycles. The van der Waals surface area contributed by atoms with Crippen molar-refractivity contribution in [1.82, 2.24) is 9.97 Å². The zero-order chi connectivity index (χ0) is 12.5. The Labute approximate surface area is 98.5 Å². The molecule has 0 aliphatic rings. The van der Waals surface area contributed by atoms with Crippen LogP contribution in [-0.2, 0) is 0 Å². The van der Waals surface area contributed by atoms with Gasteiger partial charge < -0.3 is 5.73 Å². The van der Waals surface area contributed by atoms with Crippen LogP contribution in [0.2, 0.25) is 0 Å². The molecule has 1 aromatic rings. The first-order valence-electron chi connectivity index (χ1n) is 5.98. The number of hydrogen-bond donors (Lipinski definition) is 1. The Morgan fingerprint density at radius 2 is 1.50 bits per heavy atom. The molecule has 0 bridgehead atoms. The third-order valence-corrected chi connectivity index (χ3v) is 2.71. The fourth-order valence-electron chi connectivity index (χ4n) is 1.98. The van der Waals surface area contributed by atoms with E-state index in [4.69, 9.17) is 5.73 Å². The highest BCUT2D eigenvalue weighted by Gasteiger charge is 2.17. The van der Waals surface area contributed by atoms with Crippen LogP contribution in [0.5, 0.6) is 0 Å². The fraction of sp³-hybridized carbons (Fsp3) is 0.692. The van der Waals surface area contributed by atoms with Gasteiger partial charge in [0.15, 0.2) is 0 Å². The third kappa shape index (κ3) is 2.59. The summed E-state index contributed by atoms with van der Waals surface area (Å²) in [5.74, 6) is 1.63. The Balaban J connectivity index is 3.39. The molecule has 2 N–H and O–H groups in total. The van der Waals surface area contributed by atoms with Crippen molar-refractivity contribution in [3.05, 3.63) is 22.8 Å². The second kappa shape index (κ2) is 4.91. The van der Waals surface area contributed by atoms with Crippen LogP contribution in [0.25, 0.3) is 0 Å². The summed E-state index contributed by atoms with van der Waals surface area (Å²) in [5, 5.41) is 0. The molecule has 16 heavy (non-hydrogen) atoms. The van der Waals surface area contributed by atoms with Gasteiger partial charge in [-0.3, -0.25) is 0 Å². The predicted octanol–water partition coefficient (Wildman–Crippen LogP) is 3.05. The maximum absolute atomic E-state index is 5.85. The van der Waals surface area contributed by atoms with Crippen molar-refractivity contribution in [1.29, 1.82) is 0 Å². The lowest BCUT2D eigenvalue weighted by Gasteiger charge is -2.19. The van der Waals surface area contributed by atoms with E-state index in [-0.39, 0.29) is 6.04 Å². The van der Waals surface area contributed by atoms with Gasteiger partial charge in [0.05, 0.1) is 11.7 Å². The van der Waals surface area contributed by atoms with E-state index in [9.17, 15) is 0 Å². The van der Waals surface area contributed by atoms with E-state index in [1.54, 1.807) is 0 Å². The Kier molecular flexibility index (Phi) is 4.03. The summed E-state index contributed by atoms with van der Waals surface area (Å²) in [6.07, 6.45) is 0. The molecule has 0 fully saturated rings. The molecule has 1 rings (SSSR count). The average Bonchev–Trinajstić information content (AvgIpc) is 2.15. The van der Waals surface area contributed by atoms with Gasteiger partial charge in [0.1, 0.15) is 5.82 Å². The predicted molar refractivity (Wildman–Crippen MR) is 67.5 cm³/mol. The molecule has 1 atom stereocenters. The van der Waals surface area contributed by atoms with Gasteiger partial charge in [-0.25, -0.2) is 9.97 Å². The molecular weight excluding hydrogens is 198 g/mol. The maximum atomic E-state index is 5.85. The molecule has 90 valence electrons. The van der Waals surface area contributed by atoms with Gasteiger partial charge >= 0.3 is 0 Å². The molecule has 0 saturated carbocycles. The average molecular weight is 221 g/mol. The normalized spacial score (nSPS) is 13.6. The first-order valence-corrected chi connectivity index (χ1v) is 5.98. The Morgan fingerprint density at radius 3 is 1.88 bits per heavy atom. The summed E-state index contributed by atoms with van der Waals surface area (Å²) in [5.41, 5.74) is 9.35. The quantitative estimate of drug-likeness (QED) is 0.853. The number of aromatic nitrogens is 2. The lowest BCUT2D eigenvalue weighted by Crippen LogP contribution is -2.16. The summed E-state index contributed by atoms with van der Waals surface area (Å²) in [6.45, 7) is 12.7. The Morgan fingerprint density at radius 1 is 0.938 bits per heavy atom. The van der Waals surface area contributed by atoms with E-state index in [1.165, 1.54) is 5.56 Å². The van der Waals surface area contributed by atoms with Gasteiger partial charge in [-0.1, -0.05) is 27.7 Å². The summed E-state index contributed by atoms with van der Waals surface area (Å²) >= 11 is 0. The van der Waals surface area contributed by atoms with E-state index < -0.39 is 0 Å². The van der Waals surface area contributed by atoms with E-state index in [0.717, 1.165) is 17.2 Å². The van der Waals surface area contributed by atoms with Crippen molar-refractivity contribution >= 4 is 0 Å². The van der Waals surface area contributed by atoms with E-state index in [0.29, 0.717) is 11.8 Å². The van der Waals surface area contributed by atoms with Crippen LogP contribution in [0.1, 0.15) is 75.3 Å². The van der Waals surface area contributed by atoms with Crippen LogP contribution >= 0.6 is 0 Å². The first kappa shape index (κ1) is 13.1. The van der Waals surface area contributed by atoms with Gasteiger partial charge in [0.25, 0.3) is 0 Å². The summed E-state index contributed by atoms with van der Waals surface area (Å²) in [6, 6.07) is -0.0996. The highest BCUT2D eigenvalue weighted by molar-refractivity contribution is 5.30. The molecule has 0 aromatic carbocycles. The minimum atomic E-state index is -0.0996. The van der Waals surface area contributed by atoms with Gasteiger partial charge in [0.2, 0.25) is 0 Å². The number of hydrogen-bond acceptors (Lipinski definition) is 3. The van der Waals surface area contributed by atoms with Crippen molar-refractivity contribution in [3.63, 3.8) is 0 Å². The molecule has 1 aromatic heterocycles. The van der Waals surface area contributed by atoms with Crippen molar-refractivity contribution in [2.45, 2.75) is 59.4 Å². The van der Waals surface area contributed by atoms with Crippen molar-refractivity contribution in [2.24, 2.45) is 5.73 Å². The monoisotopic (exact) mass is 221 g/mol. The zero-order valence-corrected chi connectivity index (χ0v) is 11.2. The summed E-state index contributed by atoms with van der Waals surface area (Å²) < 4.78 is 0. The molecule has 0 radical (unpaired) electrons. The Hall–Kier alpha value is -0.960. The molecule has 0 saturated heterocycles. The highest BCUT2D eigenvalue weighted by atomic mass is 14.9. The van der Waals surface area contributed by atoms with Crippen LogP contribution in [0.3, 0.4) is 0 Å². The number of nitrogens with two attached hydrogens (primary N) is 1. The van der Waals surface area contributed by atoms with Crippen molar-refractivity contribution in [3.8, 4) is 0 Å². The molecule has 1 heterocycles. The first-order chi connectivity index (χ1) is 7.34. The number of nitrogens with zero attached hydrogens (tertiary/aromatic N) is 2. The molecule has 3 nitrogen and oxygen atoms in total. The third-order valence-electron chi connectivity index (χ3n) is 2.71. The number of rotatable bonds is 3. The van der Waals surface area contributed by atoms with Crippen LogP contribution in [0.4, 0.5) is 0 Å². The molecule has 0 amide bonds. The minimum Gasteiger partial charge on any atom is -0.322 e. The Bertz CT molecular complexity index is 368. The van der Waals surface area contributed by atoms with Gasteiger partial charge in [-0.05, 0) is 31.2 Å². The van der Waals surface area contributed by atoms with E-state index >= 15 is 0 Å². The molecule has 0 spiro atoms. The fourth-order valence-corrected chi connectivity index (χ4v) is 1.98. The molecular formula is C13H23N3. The van der Waals surface area contributed by atoms with Gasteiger partial charge in [-0.2, -0.15) is 0 Å². The standard InChI is InChI=1S/C13H23N3/c1-7(2)11-10(6)15-13(9(5)14)16-12(11)8(3)4/h7-9H,14H2,1-6H3/t9-/m1/s1. The van der Waals surface area contributed by atoms with E-state index in [1.807, 2.05) is 6.92 Å². The molecule has 3 heteroatoms. The number of aryl methyl sites for hydroxylation is 1. The minimum absolute atomic E-state index is 0.0996. The topological polar surface area (TPSA) is 51.8 Å². The SMILES string of the molecule is Cc1nc([C@@H](C)N)nc(C(C)C)c1C(C)C. The van der Waals surface area contributed by atoms with Crippen LogP contribution < -0.4 is 5.73 Å². The zero-order valence-electron chi connectivity index (χ0n) is 11.2. The second-order valence-electron chi connectivity index (χ2n) is 5.06. The molecule has 0 unspecified atom stereocenters. The second-order valence-corrected chi connectivity index (χ2v) is 5.06. The van der Waals surface area contributed by atoms with Crippen molar-refractivity contribution in [2.75, 3.05) is 0 Å². The lowest BCUT2D eigenvalue weighted by atomic mass is 9.94. The summed E-state index contributed by atoms with van der Waals surface area (Å²) in [4.78, 5) is 9.12. The van der Waals surface area contributed by atoms with Crippen molar-refractivity contribution < 1.29 is 0 Å². The van der Waals surface area contributed by atoms with E-state index in [2.05, 4.69) is 44.6 Å². The van der Waals surface area contributed by atoms with Crippen LogP contribution in [0, 0.1) is 6.92 Å². The summed E-state index contributed by atoms with van der Waals surface area (Å²) in [7, 11) is 0. The smallest absolute Gasteiger partial charge is 0.145 e. The van der Waals surface area contributed by atoms with Gasteiger partial charge in [-0.15, -0.1) is 0 Å². The largest absolute Gasteiger partial charge is 0.322 e. The highest BCUT2D eigenvalue weighted by Crippen LogP contribution is 2.27. The maximum Gasteiger partial charge on any atom is 0.145 e. The molecule has 0 aliphatic carbocycles. The van der Waals surface area contributed by atoms with Crippen LogP contribution in [0.15, 0.2) is 0 Å². The lowest BCUT2D eigenvalue weighted by molar-refractivity contribution is 0.672. The van der Waals surface area contributed by atoms with Gasteiger partial charge in [0, 0.05) is 5.69 Å². The van der Waals surface area contributed by atoms with Crippen LogP contribution in [-0.4, -0.2) is 9.97 Å².